The van der Waals surface area contributed by atoms with Crippen molar-refractivity contribution in [1.82, 2.24) is 4.98 Å². The maximum absolute atomic E-state index is 12.5. The van der Waals surface area contributed by atoms with E-state index in [2.05, 4.69) is 10.3 Å². The molecule has 1 N–H and O–H groups in total. The van der Waals surface area contributed by atoms with Crippen LogP contribution in [0.1, 0.15) is 17.3 Å². The number of rotatable bonds is 6. The largest absolute Gasteiger partial charge is 0.493 e. The highest BCUT2D eigenvalue weighted by Gasteiger charge is 2.13. The number of thiazole rings is 1. The molecule has 1 heterocycles. The fourth-order valence-corrected chi connectivity index (χ4v) is 3.04. The molecule has 2 aromatic carbocycles. The van der Waals surface area contributed by atoms with Crippen LogP contribution in [0.3, 0.4) is 0 Å². The van der Waals surface area contributed by atoms with Crippen molar-refractivity contribution in [3.63, 3.8) is 0 Å². The number of hydrogen-bond acceptors (Lipinski definition) is 5. The molecule has 0 atom stereocenters. The molecule has 3 aromatic rings. The number of nitrogens with zero attached hydrogens (tertiary/aromatic N) is 1. The second-order valence-corrected chi connectivity index (χ2v) is 6.01. The van der Waals surface area contributed by atoms with Crippen LogP contribution < -0.4 is 14.8 Å². The summed E-state index contributed by atoms with van der Waals surface area (Å²) < 4.78 is 10.7. The smallest absolute Gasteiger partial charge is 0.257 e. The predicted molar refractivity (Wildman–Crippen MR) is 99.7 cm³/mol. The summed E-state index contributed by atoms with van der Waals surface area (Å²) in [6.07, 6.45) is 0. The van der Waals surface area contributed by atoms with Gasteiger partial charge in [-0.2, -0.15) is 0 Å². The number of benzene rings is 2. The van der Waals surface area contributed by atoms with Crippen molar-refractivity contribution < 1.29 is 14.3 Å². The Kier molecular flexibility index (Phi) is 5.30. The number of aromatic nitrogens is 1. The Morgan fingerprint density at radius 1 is 1.16 bits per heavy atom. The van der Waals surface area contributed by atoms with Gasteiger partial charge in [-0.1, -0.05) is 30.3 Å². The maximum atomic E-state index is 12.5. The van der Waals surface area contributed by atoms with E-state index in [-0.39, 0.29) is 5.91 Å². The molecule has 0 spiro atoms. The quantitative estimate of drug-likeness (QED) is 0.709. The lowest BCUT2D eigenvalue weighted by Crippen LogP contribution is -2.12. The summed E-state index contributed by atoms with van der Waals surface area (Å²) in [6.45, 7) is 2.43. The summed E-state index contributed by atoms with van der Waals surface area (Å²) in [5, 5.41) is 5.30. The monoisotopic (exact) mass is 354 g/mol. The fraction of sp³-hybridized carbons (Fsp3) is 0.158. The summed E-state index contributed by atoms with van der Waals surface area (Å²) in [4.78, 5) is 16.9. The molecule has 25 heavy (non-hydrogen) atoms. The molecule has 0 saturated heterocycles. The van der Waals surface area contributed by atoms with Crippen molar-refractivity contribution in [2.24, 2.45) is 0 Å². The molecule has 0 radical (unpaired) electrons. The van der Waals surface area contributed by atoms with Gasteiger partial charge in [-0.15, -0.1) is 11.3 Å². The zero-order chi connectivity index (χ0) is 17.6. The number of nitrogens with one attached hydrogen (secondary N) is 1. The third-order valence-corrected chi connectivity index (χ3v) is 4.28. The Hall–Kier alpha value is -2.86. The minimum Gasteiger partial charge on any atom is -0.493 e. The average molecular weight is 354 g/mol. The second kappa shape index (κ2) is 7.81. The molecular formula is C19H18N2O3S. The van der Waals surface area contributed by atoms with Gasteiger partial charge >= 0.3 is 0 Å². The van der Waals surface area contributed by atoms with Gasteiger partial charge < -0.3 is 9.47 Å². The van der Waals surface area contributed by atoms with Gasteiger partial charge in [0.2, 0.25) is 0 Å². The SMILES string of the molecule is CCOc1ccc(C(=O)Nc2nc(-c3ccccc3)cs2)cc1OC. The number of ether oxygens (including phenoxy) is 2. The molecular weight excluding hydrogens is 336 g/mol. The van der Waals surface area contributed by atoms with Crippen LogP contribution in [-0.4, -0.2) is 24.6 Å². The first-order valence-corrected chi connectivity index (χ1v) is 8.72. The maximum Gasteiger partial charge on any atom is 0.257 e. The first-order chi connectivity index (χ1) is 12.2. The molecule has 1 amide bonds. The van der Waals surface area contributed by atoms with Crippen LogP contribution in [0.25, 0.3) is 11.3 Å². The third kappa shape index (κ3) is 3.97. The van der Waals surface area contributed by atoms with Gasteiger partial charge in [-0.25, -0.2) is 4.98 Å². The number of anilines is 1. The van der Waals surface area contributed by atoms with Crippen molar-refractivity contribution in [2.75, 3.05) is 19.0 Å². The van der Waals surface area contributed by atoms with Gasteiger partial charge in [0.1, 0.15) is 0 Å². The molecule has 0 bridgehead atoms. The molecule has 6 heteroatoms. The van der Waals surface area contributed by atoms with Crippen LogP contribution in [0.2, 0.25) is 0 Å². The first-order valence-electron chi connectivity index (χ1n) is 7.84. The van der Waals surface area contributed by atoms with E-state index in [0.29, 0.717) is 28.8 Å². The molecule has 0 aliphatic heterocycles. The zero-order valence-electron chi connectivity index (χ0n) is 14.0. The topological polar surface area (TPSA) is 60.5 Å². The summed E-state index contributed by atoms with van der Waals surface area (Å²) >= 11 is 1.39. The molecule has 0 unspecified atom stereocenters. The van der Waals surface area contributed by atoms with Crippen molar-refractivity contribution >= 4 is 22.4 Å². The minimum atomic E-state index is -0.240. The highest BCUT2D eigenvalue weighted by Crippen LogP contribution is 2.29. The number of hydrogen-bond donors (Lipinski definition) is 1. The zero-order valence-corrected chi connectivity index (χ0v) is 14.8. The van der Waals surface area contributed by atoms with Gasteiger partial charge in [0, 0.05) is 16.5 Å². The molecule has 3 rings (SSSR count). The van der Waals surface area contributed by atoms with Gasteiger partial charge in [-0.3, -0.25) is 10.1 Å². The van der Waals surface area contributed by atoms with E-state index in [4.69, 9.17) is 9.47 Å². The van der Waals surface area contributed by atoms with E-state index in [9.17, 15) is 4.79 Å². The van der Waals surface area contributed by atoms with Crippen LogP contribution in [0.4, 0.5) is 5.13 Å². The third-order valence-electron chi connectivity index (χ3n) is 3.52. The summed E-state index contributed by atoms with van der Waals surface area (Å²) in [7, 11) is 1.55. The standard InChI is InChI=1S/C19H18N2O3S/c1-3-24-16-10-9-14(11-17(16)23-2)18(22)21-19-20-15(12-25-19)13-7-5-4-6-8-13/h4-12H,3H2,1-2H3,(H,20,21,22). The highest BCUT2D eigenvalue weighted by atomic mass is 32.1. The first kappa shape index (κ1) is 17.0. The van der Waals surface area contributed by atoms with Crippen LogP contribution in [0.15, 0.2) is 53.9 Å². The van der Waals surface area contributed by atoms with E-state index >= 15 is 0 Å². The van der Waals surface area contributed by atoms with E-state index in [1.165, 1.54) is 11.3 Å². The Labute approximate surface area is 150 Å². The predicted octanol–water partition coefficient (Wildman–Crippen LogP) is 4.47. The van der Waals surface area contributed by atoms with E-state index in [0.717, 1.165) is 11.3 Å². The number of methoxy groups -OCH3 is 1. The summed E-state index contributed by atoms with van der Waals surface area (Å²) in [5.74, 6) is 0.899. The van der Waals surface area contributed by atoms with E-state index in [1.807, 2.05) is 42.6 Å². The lowest BCUT2D eigenvalue weighted by Gasteiger charge is -2.10. The minimum absolute atomic E-state index is 0.240. The van der Waals surface area contributed by atoms with Gasteiger partial charge in [0.15, 0.2) is 16.6 Å². The molecule has 5 nitrogen and oxygen atoms in total. The number of amides is 1. The van der Waals surface area contributed by atoms with Crippen LogP contribution >= 0.6 is 11.3 Å². The Bertz CT molecular complexity index is 862. The van der Waals surface area contributed by atoms with Crippen molar-refractivity contribution in [1.29, 1.82) is 0 Å². The highest BCUT2D eigenvalue weighted by molar-refractivity contribution is 7.14. The second-order valence-electron chi connectivity index (χ2n) is 5.16. The molecule has 0 aliphatic carbocycles. The van der Waals surface area contributed by atoms with Crippen molar-refractivity contribution in [3.8, 4) is 22.8 Å². The van der Waals surface area contributed by atoms with E-state index < -0.39 is 0 Å². The summed E-state index contributed by atoms with van der Waals surface area (Å²) in [6, 6.07) is 14.9. The molecule has 128 valence electrons. The van der Waals surface area contributed by atoms with Crippen LogP contribution in [-0.2, 0) is 0 Å². The van der Waals surface area contributed by atoms with Gasteiger partial charge in [-0.05, 0) is 25.1 Å². The van der Waals surface area contributed by atoms with Crippen LogP contribution in [0.5, 0.6) is 11.5 Å². The van der Waals surface area contributed by atoms with Crippen molar-refractivity contribution in [3.05, 3.63) is 59.5 Å². The Morgan fingerprint density at radius 3 is 2.68 bits per heavy atom. The molecule has 0 aliphatic rings. The number of carbonyl (C=O) groups excluding carboxylic acids is 1. The van der Waals surface area contributed by atoms with Crippen LogP contribution in [0, 0.1) is 0 Å². The van der Waals surface area contributed by atoms with Crippen molar-refractivity contribution in [2.45, 2.75) is 6.92 Å². The Balaban J connectivity index is 1.75. The lowest BCUT2D eigenvalue weighted by molar-refractivity contribution is 0.102. The molecule has 0 fully saturated rings. The summed E-state index contributed by atoms with van der Waals surface area (Å²) in [5.41, 5.74) is 2.34. The Morgan fingerprint density at radius 2 is 1.96 bits per heavy atom. The van der Waals surface area contributed by atoms with Gasteiger partial charge in [0.25, 0.3) is 5.91 Å². The normalized spacial score (nSPS) is 10.3. The lowest BCUT2D eigenvalue weighted by atomic mass is 10.2. The molecule has 0 saturated carbocycles. The average Bonchev–Trinajstić information content (AvgIpc) is 3.11. The van der Waals surface area contributed by atoms with Gasteiger partial charge in [0.05, 0.1) is 19.4 Å². The number of carbonyl (C=O) groups is 1. The molecule has 1 aromatic heterocycles. The van der Waals surface area contributed by atoms with E-state index in [1.54, 1.807) is 25.3 Å². The fourth-order valence-electron chi connectivity index (χ4n) is 2.33.